The Labute approximate surface area is 136 Å². The third kappa shape index (κ3) is 3.34. The van der Waals surface area contributed by atoms with Crippen molar-refractivity contribution in [1.29, 1.82) is 0 Å². The van der Waals surface area contributed by atoms with Gasteiger partial charge in [0.2, 0.25) is 0 Å². The molecule has 1 amide bonds. The standard InChI is InChI=1S/C20H19NO2/c1-13-4-8-16(9-5-13)19-12-18(15(3)23-19)20(22)21-17-10-6-14(2)7-11-17/h4-12H,1-3H3,(H,21,22). The topological polar surface area (TPSA) is 42.2 Å². The Morgan fingerprint density at radius 2 is 1.43 bits per heavy atom. The highest BCUT2D eigenvalue weighted by molar-refractivity contribution is 6.05. The summed E-state index contributed by atoms with van der Waals surface area (Å²) in [6.45, 7) is 5.86. The molecule has 3 rings (SSSR count). The average Bonchev–Trinajstić information content (AvgIpc) is 2.92. The summed E-state index contributed by atoms with van der Waals surface area (Å²) < 4.78 is 5.76. The first-order valence-electron chi connectivity index (χ1n) is 7.58. The maximum Gasteiger partial charge on any atom is 0.259 e. The summed E-state index contributed by atoms with van der Waals surface area (Å²) in [5.41, 5.74) is 4.64. The molecule has 0 fully saturated rings. The van der Waals surface area contributed by atoms with Gasteiger partial charge in [0.1, 0.15) is 11.5 Å². The number of anilines is 1. The zero-order chi connectivity index (χ0) is 16.4. The zero-order valence-electron chi connectivity index (χ0n) is 13.5. The van der Waals surface area contributed by atoms with Crippen molar-refractivity contribution < 1.29 is 9.21 Å². The van der Waals surface area contributed by atoms with Gasteiger partial charge in [0.25, 0.3) is 5.91 Å². The number of rotatable bonds is 3. The van der Waals surface area contributed by atoms with E-state index in [9.17, 15) is 4.79 Å². The maximum absolute atomic E-state index is 12.4. The molecule has 3 aromatic rings. The Bertz CT molecular complexity index is 827. The van der Waals surface area contributed by atoms with Crippen LogP contribution in [0.25, 0.3) is 11.3 Å². The SMILES string of the molecule is Cc1ccc(NC(=O)c2cc(-c3ccc(C)cc3)oc2C)cc1. The zero-order valence-corrected chi connectivity index (χ0v) is 13.5. The second-order valence-electron chi connectivity index (χ2n) is 5.77. The molecule has 0 unspecified atom stereocenters. The number of aryl methyl sites for hydroxylation is 3. The minimum atomic E-state index is -0.159. The molecule has 0 bridgehead atoms. The molecule has 0 aliphatic rings. The number of amides is 1. The summed E-state index contributed by atoms with van der Waals surface area (Å²) in [6, 6.07) is 17.6. The summed E-state index contributed by atoms with van der Waals surface area (Å²) in [5.74, 6) is 1.16. The molecule has 0 spiro atoms. The molecular weight excluding hydrogens is 286 g/mol. The van der Waals surface area contributed by atoms with Crippen LogP contribution in [0.15, 0.2) is 59.0 Å². The molecule has 0 aliphatic heterocycles. The molecule has 0 radical (unpaired) electrons. The molecule has 0 aliphatic carbocycles. The third-order valence-corrected chi connectivity index (χ3v) is 3.81. The second-order valence-corrected chi connectivity index (χ2v) is 5.77. The molecule has 116 valence electrons. The quantitative estimate of drug-likeness (QED) is 0.729. The highest BCUT2D eigenvalue weighted by Gasteiger charge is 2.16. The van der Waals surface area contributed by atoms with E-state index < -0.39 is 0 Å². The Morgan fingerprint density at radius 1 is 0.870 bits per heavy atom. The van der Waals surface area contributed by atoms with Crippen LogP contribution >= 0.6 is 0 Å². The van der Waals surface area contributed by atoms with Crippen molar-refractivity contribution in [3.63, 3.8) is 0 Å². The molecule has 1 aromatic heterocycles. The van der Waals surface area contributed by atoms with Crippen LogP contribution in [0.2, 0.25) is 0 Å². The Balaban J connectivity index is 1.84. The molecule has 1 heterocycles. The van der Waals surface area contributed by atoms with Crippen molar-refractivity contribution >= 4 is 11.6 Å². The number of benzene rings is 2. The Kier molecular flexibility index (Phi) is 4.02. The van der Waals surface area contributed by atoms with Gasteiger partial charge in [-0.15, -0.1) is 0 Å². The van der Waals surface area contributed by atoms with E-state index in [4.69, 9.17) is 4.42 Å². The van der Waals surface area contributed by atoms with Gasteiger partial charge in [-0.1, -0.05) is 47.5 Å². The number of carbonyl (C=O) groups is 1. The van der Waals surface area contributed by atoms with Crippen LogP contribution in [0.1, 0.15) is 27.2 Å². The normalized spacial score (nSPS) is 10.6. The average molecular weight is 305 g/mol. The van der Waals surface area contributed by atoms with E-state index in [0.717, 1.165) is 16.8 Å². The van der Waals surface area contributed by atoms with Gasteiger partial charge in [0.05, 0.1) is 5.56 Å². The van der Waals surface area contributed by atoms with Gasteiger partial charge in [0, 0.05) is 11.3 Å². The van der Waals surface area contributed by atoms with Gasteiger partial charge in [-0.2, -0.15) is 0 Å². The summed E-state index contributed by atoms with van der Waals surface area (Å²) in [5, 5.41) is 2.90. The predicted molar refractivity (Wildman–Crippen MR) is 92.8 cm³/mol. The van der Waals surface area contributed by atoms with Gasteiger partial charge in [-0.3, -0.25) is 4.79 Å². The summed E-state index contributed by atoms with van der Waals surface area (Å²) in [7, 11) is 0. The largest absolute Gasteiger partial charge is 0.461 e. The van der Waals surface area contributed by atoms with Gasteiger partial charge >= 0.3 is 0 Å². The molecule has 3 nitrogen and oxygen atoms in total. The number of hydrogen-bond acceptors (Lipinski definition) is 2. The number of hydrogen-bond donors (Lipinski definition) is 1. The minimum Gasteiger partial charge on any atom is -0.461 e. The monoisotopic (exact) mass is 305 g/mol. The van der Waals surface area contributed by atoms with Crippen molar-refractivity contribution in [1.82, 2.24) is 0 Å². The lowest BCUT2D eigenvalue weighted by molar-refractivity contribution is 0.102. The van der Waals surface area contributed by atoms with Crippen LogP contribution in [-0.4, -0.2) is 5.91 Å². The van der Waals surface area contributed by atoms with Gasteiger partial charge < -0.3 is 9.73 Å². The molecular formula is C20H19NO2. The maximum atomic E-state index is 12.4. The minimum absolute atomic E-state index is 0.159. The van der Waals surface area contributed by atoms with Gasteiger partial charge in [0.15, 0.2) is 0 Å². The molecule has 3 heteroatoms. The molecule has 0 atom stereocenters. The lowest BCUT2D eigenvalue weighted by Gasteiger charge is -2.04. The van der Waals surface area contributed by atoms with E-state index in [1.165, 1.54) is 5.56 Å². The van der Waals surface area contributed by atoms with Crippen molar-refractivity contribution in [3.05, 3.63) is 77.0 Å². The van der Waals surface area contributed by atoms with Gasteiger partial charge in [-0.25, -0.2) is 0 Å². The van der Waals surface area contributed by atoms with Crippen LogP contribution in [0.3, 0.4) is 0 Å². The molecule has 2 aromatic carbocycles. The fraction of sp³-hybridized carbons (Fsp3) is 0.150. The lowest BCUT2D eigenvalue weighted by Crippen LogP contribution is -2.11. The van der Waals surface area contributed by atoms with E-state index in [1.807, 2.05) is 69.3 Å². The van der Waals surface area contributed by atoms with Crippen LogP contribution in [0, 0.1) is 20.8 Å². The van der Waals surface area contributed by atoms with Crippen LogP contribution in [0.5, 0.6) is 0 Å². The number of carbonyl (C=O) groups excluding carboxylic acids is 1. The second kappa shape index (κ2) is 6.13. The third-order valence-electron chi connectivity index (χ3n) is 3.81. The first-order valence-corrected chi connectivity index (χ1v) is 7.58. The molecule has 0 saturated carbocycles. The summed E-state index contributed by atoms with van der Waals surface area (Å²) in [4.78, 5) is 12.4. The van der Waals surface area contributed by atoms with E-state index >= 15 is 0 Å². The Hall–Kier alpha value is -2.81. The van der Waals surface area contributed by atoms with Crippen molar-refractivity contribution in [2.24, 2.45) is 0 Å². The van der Waals surface area contributed by atoms with E-state index in [0.29, 0.717) is 17.1 Å². The number of furan rings is 1. The van der Waals surface area contributed by atoms with E-state index in [1.54, 1.807) is 6.07 Å². The van der Waals surface area contributed by atoms with Crippen LogP contribution < -0.4 is 5.32 Å². The summed E-state index contributed by atoms with van der Waals surface area (Å²) >= 11 is 0. The van der Waals surface area contributed by atoms with E-state index in [-0.39, 0.29) is 5.91 Å². The van der Waals surface area contributed by atoms with Crippen molar-refractivity contribution in [2.45, 2.75) is 20.8 Å². The van der Waals surface area contributed by atoms with Gasteiger partial charge in [-0.05, 0) is 39.0 Å². The Morgan fingerprint density at radius 3 is 2.04 bits per heavy atom. The first-order chi connectivity index (χ1) is 11.0. The van der Waals surface area contributed by atoms with E-state index in [2.05, 4.69) is 5.32 Å². The van der Waals surface area contributed by atoms with Crippen molar-refractivity contribution in [2.75, 3.05) is 5.32 Å². The fourth-order valence-corrected chi connectivity index (χ4v) is 2.40. The highest BCUT2D eigenvalue weighted by atomic mass is 16.3. The molecule has 0 saturated heterocycles. The fourth-order valence-electron chi connectivity index (χ4n) is 2.40. The summed E-state index contributed by atoms with van der Waals surface area (Å²) in [6.07, 6.45) is 0. The highest BCUT2D eigenvalue weighted by Crippen LogP contribution is 2.26. The smallest absolute Gasteiger partial charge is 0.259 e. The number of nitrogens with one attached hydrogen (secondary N) is 1. The lowest BCUT2D eigenvalue weighted by atomic mass is 10.1. The predicted octanol–water partition coefficient (Wildman–Crippen LogP) is 5.12. The molecule has 1 N–H and O–H groups in total. The van der Waals surface area contributed by atoms with Crippen LogP contribution in [-0.2, 0) is 0 Å². The van der Waals surface area contributed by atoms with Crippen LogP contribution in [0.4, 0.5) is 5.69 Å². The molecule has 23 heavy (non-hydrogen) atoms. The van der Waals surface area contributed by atoms with Crippen molar-refractivity contribution in [3.8, 4) is 11.3 Å². The first kappa shape index (κ1) is 15.1.